The van der Waals surface area contributed by atoms with Gasteiger partial charge < -0.3 is 10.2 Å². The number of nitrogens with zero attached hydrogens (tertiary/aromatic N) is 2. The van der Waals surface area contributed by atoms with Crippen molar-refractivity contribution in [2.24, 2.45) is 0 Å². The summed E-state index contributed by atoms with van der Waals surface area (Å²) in [5.41, 5.74) is 2.90. The third-order valence-electron chi connectivity index (χ3n) is 8.49. The van der Waals surface area contributed by atoms with Crippen molar-refractivity contribution in [3.05, 3.63) is 129 Å². The molecule has 7 nitrogen and oxygen atoms in total. The molecule has 47 heavy (non-hydrogen) atoms. The number of nitrogens with one attached hydrogen (secondary N) is 1. The quantitative estimate of drug-likeness (QED) is 0.162. The van der Waals surface area contributed by atoms with Crippen LogP contribution in [0.25, 0.3) is 0 Å². The SMILES string of the molecule is Cc1ccc(S(=O)(=O)N(CC(=O)N(Cc2ccc(Br)cc2)[C@H](Cc2ccccc2)C(=O)NC2CCCCC2)c2ccc(Cl)cc2)cc1. The van der Waals surface area contributed by atoms with E-state index >= 15 is 0 Å². The minimum atomic E-state index is -4.18. The molecule has 0 radical (unpaired) electrons. The number of halogens is 2. The van der Waals surface area contributed by atoms with Crippen molar-refractivity contribution in [3.8, 4) is 0 Å². The lowest BCUT2D eigenvalue weighted by Crippen LogP contribution is -2.55. The van der Waals surface area contributed by atoms with Crippen LogP contribution in [0.5, 0.6) is 0 Å². The lowest BCUT2D eigenvalue weighted by molar-refractivity contribution is -0.140. The van der Waals surface area contributed by atoms with E-state index in [4.69, 9.17) is 11.6 Å². The van der Waals surface area contributed by atoms with Crippen LogP contribution in [-0.2, 0) is 32.6 Å². The number of aryl methyl sites for hydroxylation is 1. The summed E-state index contributed by atoms with van der Waals surface area (Å²) in [6.45, 7) is 1.47. The molecule has 0 heterocycles. The van der Waals surface area contributed by atoms with E-state index in [1.807, 2.05) is 61.5 Å². The van der Waals surface area contributed by atoms with Crippen LogP contribution in [0, 0.1) is 6.92 Å². The van der Waals surface area contributed by atoms with Gasteiger partial charge in [0.1, 0.15) is 12.6 Å². The topological polar surface area (TPSA) is 86.8 Å². The van der Waals surface area contributed by atoms with E-state index in [0.717, 1.165) is 57.6 Å². The Balaban J connectivity index is 1.55. The average molecular weight is 737 g/mol. The number of carbonyl (C=O) groups excluding carboxylic acids is 2. The second-order valence-corrected chi connectivity index (χ2v) is 15.2. The molecule has 1 atom stereocenters. The first-order valence-electron chi connectivity index (χ1n) is 15.8. The molecule has 10 heteroatoms. The first-order valence-corrected chi connectivity index (χ1v) is 18.4. The number of rotatable bonds is 12. The molecule has 0 aliphatic heterocycles. The summed E-state index contributed by atoms with van der Waals surface area (Å²) in [4.78, 5) is 30.4. The molecule has 1 fully saturated rings. The van der Waals surface area contributed by atoms with Crippen LogP contribution in [0.3, 0.4) is 0 Å². The smallest absolute Gasteiger partial charge is 0.264 e. The maximum Gasteiger partial charge on any atom is 0.264 e. The summed E-state index contributed by atoms with van der Waals surface area (Å²) in [6.07, 6.45) is 5.29. The molecule has 1 saturated carbocycles. The Labute approximate surface area is 291 Å². The summed E-state index contributed by atoms with van der Waals surface area (Å²) in [5, 5.41) is 3.67. The molecule has 2 amide bonds. The van der Waals surface area contributed by atoms with Gasteiger partial charge in [-0.05, 0) is 79.4 Å². The van der Waals surface area contributed by atoms with Crippen LogP contribution in [0.4, 0.5) is 5.69 Å². The molecule has 0 aromatic heterocycles. The second kappa shape index (κ2) is 16.0. The minimum absolute atomic E-state index is 0.0339. The maximum atomic E-state index is 14.6. The van der Waals surface area contributed by atoms with Crippen molar-refractivity contribution in [2.45, 2.75) is 69.0 Å². The van der Waals surface area contributed by atoms with Gasteiger partial charge in [0.15, 0.2) is 0 Å². The first kappa shape index (κ1) is 34.7. The highest BCUT2D eigenvalue weighted by molar-refractivity contribution is 9.10. The molecular weight excluding hydrogens is 698 g/mol. The van der Waals surface area contributed by atoms with Gasteiger partial charge in [-0.2, -0.15) is 0 Å². The van der Waals surface area contributed by atoms with E-state index in [1.54, 1.807) is 36.4 Å². The summed E-state index contributed by atoms with van der Waals surface area (Å²) in [5.74, 6) is -0.746. The highest BCUT2D eigenvalue weighted by Crippen LogP contribution is 2.27. The fourth-order valence-corrected chi connectivity index (χ4v) is 7.66. The number of carbonyl (C=O) groups is 2. The number of benzene rings is 4. The predicted molar refractivity (Wildman–Crippen MR) is 191 cm³/mol. The fraction of sp³-hybridized carbons (Fsp3) is 0.297. The van der Waals surface area contributed by atoms with Crippen molar-refractivity contribution in [1.29, 1.82) is 0 Å². The highest BCUT2D eigenvalue weighted by Gasteiger charge is 2.35. The summed E-state index contributed by atoms with van der Waals surface area (Å²) >= 11 is 9.64. The van der Waals surface area contributed by atoms with E-state index in [9.17, 15) is 18.0 Å². The van der Waals surface area contributed by atoms with Crippen LogP contribution >= 0.6 is 27.5 Å². The second-order valence-electron chi connectivity index (χ2n) is 12.0. The number of amides is 2. The number of hydrogen-bond acceptors (Lipinski definition) is 4. The molecule has 0 unspecified atom stereocenters. The molecule has 1 aliphatic carbocycles. The molecule has 4 aromatic carbocycles. The van der Waals surface area contributed by atoms with Crippen LogP contribution in [0.1, 0.15) is 48.8 Å². The van der Waals surface area contributed by atoms with Crippen molar-refractivity contribution >= 4 is 55.1 Å². The van der Waals surface area contributed by atoms with E-state index in [2.05, 4.69) is 21.2 Å². The van der Waals surface area contributed by atoms with Gasteiger partial charge in [0, 0.05) is 28.5 Å². The number of sulfonamides is 1. The number of anilines is 1. The average Bonchev–Trinajstić information content (AvgIpc) is 3.07. The number of hydrogen-bond donors (Lipinski definition) is 1. The molecule has 1 N–H and O–H groups in total. The summed E-state index contributed by atoms with van der Waals surface area (Å²) < 4.78 is 30.3. The van der Waals surface area contributed by atoms with Crippen molar-refractivity contribution in [2.75, 3.05) is 10.8 Å². The van der Waals surface area contributed by atoms with Gasteiger partial charge in [-0.3, -0.25) is 13.9 Å². The molecule has 0 spiro atoms. The Bertz CT molecular complexity index is 1750. The van der Waals surface area contributed by atoms with Gasteiger partial charge in [-0.1, -0.05) is 107 Å². The Hall–Kier alpha value is -3.66. The largest absolute Gasteiger partial charge is 0.352 e. The van der Waals surface area contributed by atoms with Crippen LogP contribution in [0.2, 0.25) is 5.02 Å². The molecule has 0 saturated heterocycles. The summed E-state index contributed by atoms with van der Waals surface area (Å²) in [6, 6.07) is 29.1. The fourth-order valence-electron chi connectivity index (χ4n) is 5.86. The van der Waals surface area contributed by atoms with E-state index < -0.39 is 28.5 Å². The third kappa shape index (κ3) is 9.24. The summed E-state index contributed by atoms with van der Waals surface area (Å²) in [7, 11) is -4.18. The predicted octanol–water partition coefficient (Wildman–Crippen LogP) is 7.70. The van der Waals surface area contributed by atoms with Crippen molar-refractivity contribution < 1.29 is 18.0 Å². The first-order chi connectivity index (χ1) is 22.6. The zero-order chi connectivity index (χ0) is 33.4. The van der Waals surface area contributed by atoms with Crippen LogP contribution in [-0.4, -0.2) is 43.8 Å². The lowest BCUT2D eigenvalue weighted by atomic mass is 9.94. The highest BCUT2D eigenvalue weighted by atomic mass is 79.9. The Morgan fingerprint density at radius 2 is 1.49 bits per heavy atom. The van der Waals surface area contributed by atoms with Gasteiger partial charge in [-0.25, -0.2) is 8.42 Å². The van der Waals surface area contributed by atoms with Gasteiger partial charge >= 0.3 is 0 Å². The molecule has 1 aliphatic rings. The zero-order valence-electron chi connectivity index (χ0n) is 26.3. The van der Waals surface area contributed by atoms with E-state index in [-0.39, 0.29) is 35.5 Å². The van der Waals surface area contributed by atoms with Crippen molar-refractivity contribution in [3.63, 3.8) is 0 Å². The monoisotopic (exact) mass is 735 g/mol. The maximum absolute atomic E-state index is 14.6. The molecular formula is C37H39BrClN3O4S. The third-order valence-corrected chi connectivity index (χ3v) is 11.1. The lowest BCUT2D eigenvalue weighted by Gasteiger charge is -2.35. The van der Waals surface area contributed by atoms with Gasteiger partial charge in [-0.15, -0.1) is 0 Å². The van der Waals surface area contributed by atoms with Crippen LogP contribution < -0.4 is 9.62 Å². The molecule has 0 bridgehead atoms. The normalized spacial score (nSPS) is 14.3. The Kier molecular flexibility index (Phi) is 11.8. The minimum Gasteiger partial charge on any atom is -0.352 e. The van der Waals surface area contributed by atoms with Gasteiger partial charge in [0.25, 0.3) is 10.0 Å². The van der Waals surface area contributed by atoms with Crippen molar-refractivity contribution in [1.82, 2.24) is 10.2 Å². The Morgan fingerprint density at radius 3 is 2.13 bits per heavy atom. The van der Waals surface area contributed by atoms with E-state index in [1.165, 1.54) is 17.0 Å². The van der Waals surface area contributed by atoms with E-state index in [0.29, 0.717) is 5.02 Å². The van der Waals surface area contributed by atoms with Gasteiger partial charge in [0.2, 0.25) is 11.8 Å². The molecule has 5 rings (SSSR count). The Morgan fingerprint density at radius 1 is 0.851 bits per heavy atom. The standard InChI is InChI=1S/C37H39BrClN3O4S/c1-27-12-22-34(23-13-27)47(45,46)42(33-20-18-31(39)19-21-33)26-36(43)41(25-29-14-16-30(38)17-15-29)35(24-28-8-4-2-5-9-28)37(44)40-32-10-6-3-7-11-32/h2,4-5,8-9,12-23,32,35H,3,6-7,10-11,24-26H2,1H3,(H,40,44)/t35-/m1/s1. The van der Waals surface area contributed by atoms with Crippen LogP contribution in [0.15, 0.2) is 112 Å². The van der Waals surface area contributed by atoms with Gasteiger partial charge in [0.05, 0.1) is 10.6 Å². The zero-order valence-corrected chi connectivity index (χ0v) is 29.5. The molecule has 4 aromatic rings. The molecule has 246 valence electrons.